The summed E-state index contributed by atoms with van der Waals surface area (Å²) in [6.07, 6.45) is 17.3. The van der Waals surface area contributed by atoms with Crippen LogP contribution in [0.4, 0.5) is 0 Å². The Hall–Kier alpha value is -2.12. The van der Waals surface area contributed by atoms with Crippen molar-refractivity contribution in [2.24, 2.45) is 0 Å². The molecular formula is C36H50O. The van der Waals surface area contributed by atoms with Crippen LogP contribution in [-0.2, 0) is 4.74 Å². The fraction of sp³-hybridized carbons (Fsp3) is 0.556. The molecule has 2 unspecified atom stereocenters. The van der Waals surface area contributed by atoms with Crippen LogP contribution < -0.4 is 0 Å². The molecule has 0 aliphatic heterocycles. The van der Waals surface area contributed by atoms with Crippen molar-refractivity contribution in [2.75, 3.05) is 13.2 Å². The summed E-state index contributed by atoms with van der Waals surface area (Å²) in [4.78, 5) is 0. The second-order valence-electron chi connectivity index (χ2n) is 12.1. The average Bonchev–Trinajstić information content (AvgIpc) is 2.93. The zero-order chi connectivity index (χ0) is 26.0. The first-order valence-electron chi connectivity index (χ1n) is 15.1. The third-order valence-corrected chi connectivity index (χ3v) is 8.73. The van der Waals surface area contributed by atoms with Crippen LogP contribution in [0.5, 0.6) is 0 Å². The quantitative estimate of drug-likeness (QED) is 0.209. The highest BCUT2D eigenvalue weighted by molar-refractivity contribution is 5.30. The highest BCUT2D eigenvalue weighted by atomic mass is 16.5. The van der Waals surface area contributed by atoms with Crippen molar-refractivity contribution in [1.29, 1.82) is 0 Å². The van der Waals surface area contributed by atoms with Gasteiger partial charge in [0.05, 0.1) is 0 Å². The van der Waals surface area contributed by atoms with Gasteiger partial charge in [0.25, 0.3) is 0 Å². The van der Waals surface area contributed by atoms with Crippen molar-refractivity contribution in [1.82, 2.24) is 0 Å². The van der Waals surface area contributed by atoms with E-state index in [4.69, 9.17) is 4.74 Å². The second kappa shape index (κ2) is 14.1. The number of benzene rings is 2. The third kappa shape index (κ3) is 8.44. The number of rotatable bonds is 12. The summed E-state index contributed by atoms with van der Waals surface area (Å²) in [6, 6.07) is 18.7. The van der Waals surface area contributed by atoms with Crippen molar-refractivity contribution in [3.63, 3.8) is 0 Å². The van der Waals surface area contributed by atoms with Gasteiger partial charge in [-0.15, -0.1) is 0 Å². The van der Waals surface area contributed by atoms with Crippen molar-refractivity contribution < 1.29 is 4.74 Å². The van der Waals surface area contributed by atoms with E-state index < -0.39 is 0 Å². The van der Waals surface area contributed by atoms with E-state index in [-0.39, 0.29) is 0 Å². The first kappa shape index (κ1) is 27.9. The highest BCUT2D eigenvalue weighted by Crippen LogP contribution is 2.35. The fourth-order valence-electron chi connectivity index (χ4n) is 6.05. The smallest absolute Gasteiger partial charge is 0.0469 e. The molecule has 1 nitrogen and oxygen atoms in total. The van der Waals surface area contributed by atoms with Crippen LogP contribution >= 0.6 is 0 Å². The molecule has 0 radical (unpaired) electrons. The molecule has 0 N–H and O–H groups in total. The molecule has 200 valence electrons. The molecule has 2 aromatic carbocycles. The summed E-state index contributed by atoms with van der Waals surface area (Å²) in [7, 11) is 0. The molecule has 2 aromatic rings. The van der Waals surface area contributed by atoms with Crippen molar-refractivity contribution >= 4 is 0 Å². The molecule has 0 saturated carbocycles. The Labute approximate surface area is 227 Å². The van der Waals surface area contributed by atoms with Gasteiger partial charge in [0.1, 0.15) is 0 Å². The summed E-state index contributed by atoms with van der Waals surface area (Å²) in [5.41, 5.74) is 9.24. The Balaban J connectivity index is 1.06. The maximum atomic E-state index is 6.00. The SMILES string of the molecule is CC(C)c1ccc(C2CC=C(CCCOCCCC3=CCC(c4ccc(C(C)C)cc4)CC3)CC2)cc1. The zero-order valence-electron chi connectivity index (χ0n) is 24.0. The van der Waals surface area contributed by atoms with Crippen LogP contribution in [0.1, 0.15) is 138 Å². The van der Waals surface area contributed by atoms with Gasteiger partial charge >= 0.3 is 0 Å². The van der Waals surface area contributed by atoms with Gasteiger partial charge in [-0.1, -0.05) is 99.5 Å². The summed E-state index contributed by atoms with van der Waals surface area (Å²) in [5.74, 6) is 2.64. The molecule has 2 aliphatic carbocycles. The molecule has 0 fully saturated rings. The van der Waals surface area contributed by atoms with Gasteiger partial charge in [-0.25, -0.2) is 0 Å². The largest absolute Gasteiger partial charge is 0.381 e. The lowest BCUT2D eigenvalue weighted by atomic mass is 9.83. The van der Waals surface area contributed by atoms with Crippen LogP contribution in [0.15, 0.2) is 71.8 Å². The summed E-state index contributed by atoms with van der Waals surface area (Å²) in [5, 5.41) is 0. The van der Waals surface area contributed by atoms with Crippen molar-refractivity contribution in [3.8, 4) is 0 Å². The molecule has 0 bridgehead atoms. The molecule has 0 saturated heterocycles. The standard InChI is InChI=1S/C36H50O/c1-27(2)31-17-21-35(22-18-31)33-13-9-29(10-14-33)7-5-25-37-26-6-8-30-11-15-34(16-12-30)36-23-19-32(20-24-36)28(3)4/h9,11,17-24,27-28,33-34H,5-8,10,12-16,25-26H2,1-4H3. The van der Waals surface area contributed by atoms with E-state index >= 15 is 0 Å². The Morgan fingerprint density at radius 1 is 0.622 bits per heavy atom. The van der Waals surface area contributed by atoms with Crippen LogP contribution in [-0.4, -0.2) is 13.2 Å². The van der Waals surface area contributed by atoms with E-state index in [1.807, 2.05) is 0 Å². The lowest BCUT2D eigenvalue weighted by Crippen LogP contribution is -2.06. The van der Waals surface area contributed by atoms with Gasteiger partial charge in [0.2, 0.25) is 0 Å². The van der Waals surface area contributed by atoms with Crippen LogP contribution in [0.2, 0.25) is 0 Å². The van der Waals surface area contributed by atoms with E-state index in [1.54, 1.807) is 11.1 Å². The lowest BCUT2D eigenvalue weighted by molar-refractivity contribution is 0.129. The lowest BCUT2D eigenvalue weighted by Gasteiger charge is -2.23. The molecule has 2 aliphatic rings. The minimum atomic E-state index is 0.615. The van der Waals surface area contributed by atoms with E-state index in [1.165, 1.54) is 86.5 Å². The average molecular weight is 499 g/mol. The molecule has 1 heteroatoms. The van der Waals surface area contributed by atoms with Gasteiger partial charge in [0, 0.05) is 13.2 Å². The summed E-state index contributed by atoms with van der Waals surface area (Å²) < 4.78 is 6.00. The summed E-state index contributed by atoms with van der Waals surface area (Å²) in [6.45, 7) is 10.9. The Bertz CT molecular complexity index is 922. The van der Waals surface area contributed by atoms with E-state index in [2.05, 4.69) is 88.4 Å². The van der Waals surface area contributed by atoms with Gasteiger partial charge in [-0.05, 0) is 110 Å². The third-order valence-electron chi connectivity index (χ3n) is 8.73. The minimum absolute atomic E-state index is 0.615. The highest BCUT2D eigenvalue weighted by Gasteiger charge is 2.17. The zero-order valence-corrected chi connectivity index (χ0v) is 24.0. The van der Waals surface area contributed by atoms with Crippen LogP contribution in [0.25, 0.3) is 0 Å². The molecule has 0 heterocycles. The molecule has 2 atom stereocenters. The van der Waals surface area contributed by atoms with E-state index in [0.717, 1.165) is 13.2 Å². The van der Waals surface area contributed by atoms with Gasteiger partial charge in [0.15, 0.2) is 0 Å². The normalized spacial score (nSPS) is 20.3. The Morgan fingerprint density at radius 3 is 1.35 bits per heavy atom. The second-order valence-corrected chi connectivity index (χ2v) is 12.1. The van der Waals surface area contributed by atoms with Crippen LogP contribution in [0.3, 0.4) is 0 Å². The van der Waals surface area contributed by atoms with Gasteiger partial charge < -0.3 is 4.74 Å². The Kier molecular flexibility index (Phi) is 10.7. The predicted molar refractivity (Wildman–Crippen MR) is 160 cm³/mol. The maximum Gasteiger partial charge on any atom is 0.0469 e. The first-order chi connectivity index (χ1) is 18.0. The number of hydrogen-bond acceptors (Lipinski definition) is 1. The monoisotopic (exact) mass is 498 g/mol. The molecular weight excluding hydrogens is 448 g/mol. The van der Waals surface area contributed by atoms with Crippen molar-refractivity contribution in [2.45, 2.75) is 116 Å². The number of hydrogen-bond donors (Lipinski definition) is 0. The molecule has 37 heavy (non-hydrogen) atoms. The topological polar surface area (TPSA) is 9.23 Å². The van der Waals surface area contributed by atoms with Crippen molar-refractivity contribution in [3.05, 3.63) is 94.1 Å². The number of ether oxygens (including phenoxy) is 1. The van der Waals surface area contributed by atoms with Gasteiger partial charge in [-0.3, -0.25) is 0 Å². The Morgan fingerprint density at radius 2 is 1.03 bits per heavy atom. The molecule has 0 spiro atoms. The predicted octanol–water partition coefficient (Wildman–Crippen LogP) is 10.6. The van der Waals surface area contributed by atoms with E-state index in [0.29, 0.717) is 23.7 Å². The first-order valence-corrected chi connectivity index (χ1v) is 15.1. The van der Waals surface area contributed by atoms with E-state index in [9.17, 15) is 0 Å². The molecule has 0 aromatic heterocycles. The molecule has 0 amide bonds. The van der Waals surface area contributed by atoms with Crippen LogP contribution in [0, 0.1) is 0 Å². The van der Waals surface area contributed by atoms with Gasteiger partial charge in [-0.2, -0.15) is 0 Å². The number of allylic oxidation sites excluding steroid dienone is 4. The minimum Gasteiger partial charge on any atom is -0.381 e. The summed E-state index contributed by atoms with van der Waals surface area (Å²) >= 11 is 0. The fourth-order valence-corrected chi connectivity index (χ4v) is 6.05. The maximum absolute atomic E-state index is 6.00. The molecule has 4 rings (SSSR count).